The molecule has 0 saturated carbocycles. The first-order valence-corrected chi connectivity index (χ1v) is 5.87. The van der Waals surface area contributed by atoms with E-state index in [0.717, 1.165) is 0 Å². The lowest BCUT2D eigenvalue weighted by Crippen LogP contribution is -2.23. The predicted molar refractivity (Wildman–Crippen MR) is 70.9 cm³/mol. The van der Waals surface area contributed by atoms with Crippen molar-refractivity contribution in [1.82, 2.24) is 4.98 Å². The summed E-state index contributed by atoms with van der Waals surface area (Å²) in [6, 6.07) is 4.62. The van der Waals surface area contributed by atoms with Crippen LogP contribution in [0.4, 0.5) is 15.8 Å². The van der Waals surface area contributed by atoms with Crippen molar-refractivity contribution in [3.8, 4) is 0 Å². The topological polar surface area (TPSA) is 71.2 Å². The van der Waals surface area contributed by atoms with E-state index in [1.54, 1.807) is 18.3 Å². The highest BCUT2D eigenvalue weighted by Gasteiger charge is 2.14. The number of pyridine rings is 1. The molecule has 1 aromatic heterocycles. The molecular weight excluding hydrogens is 233 g/mol. The molecule has 1 heterocycles. The molecule has 2 rings (SSSR count). The van der Waals surface area contributed by atoms with Gasteiger partial charge in [0, 0.05) is 23.3 Å². The maximum atomic E-state index is 13.9. The molecule has 1 atom stereocenters. The lowest BCUT2D eigenvalue weighted by Gasteiger charge is -2.18. The van der Waals surface area contributed by atoms with Crippen LogP contribution in [0.5, 0.6) is 0 Å². The molecule has 2 aromatic rings. The number of nitrogen functional groups attached to an aromatic ring is 1. The van der Waals surface area contributed by atoms with Gasteiger partial charge in [0.2, 0.25) is 0 Å². The minimum Gasteiger partial charge on any atom is -0.398 e. The maximum absolute atomic E-state index is 13.9. The van der Waals surface area contributed by atoms with E-state index < -0.39 is 5.82 Å². The average Bonchev–Trinajstić information content (AvgIpc) is 2.39. The third-order valence-electron chi connectivity index (χ3n) is 2.94. The van der Waals surface area contributed by atoms with Gasteiger partial charge < -0.3 is 16.2 Å². The molecule has 18 heavy (non-hydrogen) atoms. The zero-order valence-corrected chi connectivity index (χ0v) is 10.2. The number of nitrogens with one attached hydrogen (secondary N) is 1. The molecule has 0 aliphatic carbocycles. The van der Waals surface area contributed by atoms with Crippen molar-refractivity contribution in [2.24, 2.45) is 0 Å². The highest BCUT2D eigenvalue weighted by atomic mass is 19.1. The molecule has 1 aromatic carbocycles. The van der Waals surface area contributed by atoms with Gasteiger partial charge in [-0.3, -0.25) is 4.98 Å². The zero-order valence-electron chi connectivity index (χ0n) is 10.2. The summed E-state index contributed by atoms with van der Waals surface area (Å²) in [5.41, 5.74) is 6.90. The van der Waals surface area contributed by atoms with E-state index in [1.165, 1.54) is 6.07 Å². The standard InChI is InChI=1S/C13H16FN3O/c1-2-8(7-18)17-13-10(14)6-11(15)9-4-3-5-16-12(9)13/h3-6,8,17-18H,2,7,15H2,1H3. The Morgan fingerprint density at radius 3 is 3.00 bits per heavy atom. The summed E-state index contributed by atoms with van der Waals surface area (Å²) < 4.78 is 13.9. The fraction of sp³-hybridized carbons (Fsp3) is 0.308. The van der Waals surface area contributed by atoms with Crippen LogP contribution < -0.4 is 11.1 Å². The summed E-state index contributed by atoms with van der Waals surface area (Å²) in [4.78, 5) is 4.16. The largest absolute Gasteiger partial charge is 0.398 e. The minimum atomic E-state index is -0.453. The SMILES string of the molecule is CCC(CO)Nc1c(F)cc(N)c2cccnc12. The number of anilines is 2. The van der Waals surface area contributed by atoms with Crippen molar-refractivity contribution in [3.05, 3.63) is 30.2 Å². The smallest absolute Gasteiger partial charge is 0.150 e. The highest BCUT2D eigenvalue weighted by molar-refractivity contribution is 5.98. The van der Waals surface area contributed by atoms with E-state index in [-0.39, 0.29) is 12.6 Å². The first kappa shape index (κ1) is 12.6. The van der Waals surface area contributed by atoms with Gasteiger partial charge in [0.15, 0.2) is 5.82 Å². The Morgan fingerprint density at radius 2 is 2.33 bits per heavy atom. The number of halogens is 1. The quantitative estimate of drug-likeness (QED) is 0.726. The molecule has 0 radical (unpaired) electrons. The van der Waals surface area contributed by atoms with Crippen molar-refractivity contribution in [1.29, 1.82) is 0 Å². The normalized spacial score (nSPS) is 12.6. The third kappa shape index (κ3) is 2.22. The molecule has 0 aliphatic heterocycles. The van der Waals surface area contributed by atoms with Crippen LogP contribution in [0.3, 0.4) is 0 Å². The van der Waals surface area contributed by atoms with Crippen LogP contribution in [0.2, 0.25) is 0 Å². The van der Waals surface area contributed by atoms with Crippen LogP contribution >= 0.6 is 0 Å². The van der Waals surface area contributed by atoms with Gasteiger partial charge in [-0.15, -0.1) is 0 Å². The highest BCUT2D eigenvalue weighted by Crippen LogP contribution is 2.30. The number of fused-ring (bicyclic) bond motifs is 1. The Morgan fingerprint density at radius 1 is 1.56 bits per heavy atom. The Kier molecular flexibility index (Phi) is 3.62. The van der Waals surface area contributed by atoms with Crippen molar-refractivity contribution in [2.45, 2.75) is 19.4 Å². The summed E-state index contributed by atoms with van der Waals surface area (Å²) in [7, 11) is 0. The van der Waals surface area contributed by atoms with E-state index >= 15 is 0 Å². The van der Waals surface area contributed by atoms with Gasteiger partial charge in [-0.1, -0.05) is 6.92 Å². The van der Waals surface area contributed by atoms with Crippen LogP contribution in [0.25, 0.3) is 10.9 Å². The van der Waals surface area contributed by atoms with Crippen LogP contribution in [-0.2, 0) is 0 Å². The molecule has 0 saturated heterocycles. The second-order valence-corrected chi connectivity index (χ2v) is 4.15. The summed E-state index contributed by atoms with van der Waals surface area (Å²) in [6.07, 6.45) is 2.28. The second-order valence-electron chi connectivity index (χ2n) is 4.15. The Hall–Kier alpha value is -1.88. The molecule has 0 amide bonds. The monoisotopic (exact) mass is 249 g/mol. The summed E-state index contributed by atoms with van der Waals surface area (Å²) in [5.74, 6) is -0.453. The van der Waals surface area contributed by atoms with E-state index in [0.29, 0.717) is 28.7 Å². The number of aliphatic hydroxyl groups excluding tert-OH is 1. The first-order chi connectivity index (χ1) is 8.67. The van der Waals surface area contributed by atoms with E-state index in [1.807, 2.05) is 6.92 Å². The molecule has 5 heteroatoms. The maximum Gasteiger partial charge on any atom is 0.150 e. The van der Waals surface area contributed by atoms with Crippen molar-refractivity contribution >= 4 is 22.3 Å². The molecule has 0 fully saturated rings. The average molecular weight is 249 g/mol. The number of hydrogen-bond acceptors (Lipinski definition) is 4. The lowest BCUT2D eigenvalue weighted by molar-refractivity contribution is 0.271. The number of aromatic nitrogens is 1. The predicted octanol–water partition coefficient (Wildman–Crippen LogP) is 2.14. The van der Waals surface area contributed by atoms with Gasteiger partial charge >= 0.3 is 0 Å². The van der Waals surface area contributed by atoms with E-state index in [4.69, 9.17) is 5.73 Å². The van der Waals surface area contributed by atoms with Gasteiger partial charge in [0.05, 0.1) is 17.8 Å². The summed E-state index contributed by atoms with van der Waals surface area (Å²) in [5, 5.41) is 12.9. The van der Waals surface area contributed by atoms with Crippen LogP contribution in [0.15, 0.2) is 24.4 Å². The van der Waals surface area contributed by atoms with Crippen molar-refractivity contribution in [3.63, 3.8) is 0 Å². The van der Waals surface area contributed by atoms with Crippen LogP contribution in [0.1, 0.15) is 13.3 Å². The number of rotatable bonds is 4. The van der Waals surface area contributed by atoms with Crippen molar-refractivity contribution in [2.75, 3.05) is 17.7 Å². The van der Waals surface area contributed by atoms with Crippen LogP contribution in [0, 0.1) is 5.82 Å². The van der Waals surface area contributed by atoms with E-state index in [2.05, 4.69) is 10.3 Å². The van der Waals surface area contributed by atoms with Gasteiger partial charge in [0.25, 0.3) is 0 Å². The Bertz CT molecular complexity index is 555. The van der Waals surface area contributed by atoms with E-state index in [9.17, 15) is 9.50 Å². The Labute approximate surface area is 105 Å². The number of benzene rings is 1. The second kappa shape index (κ2) is 5.18. The molecule has 0 spiro atoms. The van der Waals surface area contributed by atoms with Crippen LogP contribution in [-0.4, -0.2) is 22.7 Å². The van der Waals surface area contributed by atoms with Gasteiger partial charge in [0.1, 0.15) is 0 Å². The number of aliphatic hydroxyl groups is 1. The summed E-state index contributed by atoms with van der Waals surface area (Å²) in [6.45, 7) is 1.85. The molecule has 96 valence electrons. The summed E-state index contributed by atoms with van der Waals surface area (Å²) >= 11 is 0. The lowest BCUT2D eigenvalue weighted by atomic mass is 10.1. The number of nitrogens with two attached hydrogens (primary N) is 1. The van der Waals surface area contributed by atoms with Gasteiger partial charge in [-0.2, -0.15) is 0 Å². The number of hydrogen-bond donors (Lipinski definition) is 3. The van der Waals surface area contributed by atoms with Crippen molar-refractivity contribution < 1.29 is 9.50 Å². The zero-order chi connectivity index (χ0) is 13.1. The molecule has 4 N–H and O–H groups in total. The molecular formula is C13H16FN3O. The molecule has 1 unspecified atom stereocenters. The molecule has 0 bridgehead atoms. The van der Waals surface area contributed by atoms with Gasteiger partial charge in [-0.05, 0) is 24.6 Å². The van der Waals surface area contributed by atoms with Gasteiger partial charge in [-0.25, -0.2) is 4.39 Å². The Balaban J connectivity index is 2.55. The third-order valence-corrected chi connectivity index (χ3v) is 2.94. The fourth-order valence-electron chi connectivity index (χ4n) is 1.86. The first-order valence-electron chi connectivity index (χ1n) is 5.87. The minimum absolute atomic E-state index is 0.0609. The number of nitrogens with zero attached hydrogens (tertiary/aromatic N) is 1. The molecule has 4 nitrogen and oxygen atoms in total. The molecule has 0 aliphatic rings. The fourth-order valence-corrected chi connectivity index (χ4v) is 1.86.